The Kier molecular flexibility index (Phi) is 3.80. The summed E-state index contributed by atoms with van der Waals surface area (Å²) in [6.07, 6.45) is 0. The van der Waals surface area contributed by atoms with Crippen molar-refractivity contribution in [3.05, 3.63) is 51.7 Å². The summed E-state index contributed by atoms with van der Waals surface area (Å²) in [5.74, 6) is -2.58. The van der Waals surface area contributed by atoms with Crippen LogP contribution in [0.15, 0.2) is 29.0 Å². The molecule has 1 aromatic carbocycles. The second-order valence-electron chi connectivity index (χ2n) is 4.15. The quantitative estimate of drug-likeness (QED) is 0.880. The lowest BCUT2D eigenvalue weighted by molar-refractivity contribution is 0.0785. The standard InChI is InChI=1S/C13H12F2N2OS/c1-17(6-8-2-3-19-7-8)13(18)9-4-10(14)11(15)5-12(9)16/h2-5,7H,6,16H2,1H3. The normalized spacial score (nSPS) is 10.5. The van der Waals surface area contributed by atoms with Crippen LogP contribution in [-0.2, 0) is 6.54 Å². The van der Waals surface area contributed by atoms with Crippen molar-refractivity contribution in [3.8, 4) is 0 Å². The maximum atomic E-state index is 13.2. The van der Waals surface area contributed by atoms with Crippen molar-refractivity contribution in [3.63, 3.8) is 0 Å². The molecule has 0 unspecified atom stereocenters. The lowest BCUT2D eigenvalue weighted by atomic mass is 10.1. The first-order valence-electron chi connectivity index (χ1n) is 5.50. The zero-order chi connectivity index (χ0) is 14.0. The average Bonchev–Trinajstić information content (AvgIpc) is 2.85. The van der Waals surface area contributed by atoms with Gasteiger partial charge in [0.25, 0.3) is 5.91 Å². The van der Waals surface area contributed by atoms with Gasteiger partial charge < -0.3 is 10.6 Å². The van der Waals surface area contributed by atoms with E-state index < -0.39 is 17.5 Å². The Morgan fingerprint density at radius 3 is 2.68 bits per heavy atom. The first-order valence-corrected chi connectivity index (χ1v) is 6.44. The molecule has 0 radical (unpaired) electrons. The molecule has 1 heterocycles. The highest BCUT2D eigenvalue weighted by Gasteiger charge is 2.18. The lowest BCUT2D eigenvalue weighted by Gasteiger charge is -2.17. The van der Waals surface area contributed by atoms with E-state index in [-0.39, 0.29) is 11.3 Å². The minimum Gasteiger partial charge on any atom is -0.398 e. The number of anilines is 1. The molecular formula is C13H12F2N2OS. The van der Waals surface area contributed by atoms with Gasteiger partial charge >= 0.3 is 0 Å². The Hall–Kier alpha value is -1.95. The van der Waals surface area contributed by atoms with Crippen LogP contribution in [0, 0.1) is 11.6 Å². The van der Waals surface area contributed by atoms with Gasteiger partial charge in [-0.2, -0.15) is 11.3 Å². The molecule has 0 spiro atoms. The van der Waals surface area contributed by atoms with E-state index >= 15 is 0 Å². The molecule has 2 aromatic rings. The van der Waals surface area contributed by atoms with E-state index in [9.17, 15) is 13.6 Å². The summed E-state index contributed by atoms with van der Waals surface area (Å²) >= 11 is 1.52. The minimum absolute atomic E-state index is 0.0309. The van der Waals surface area contributed by atoms with Gasteiger partial charge in [-0.15, -0.1) is 0 Å². The van der Waals surface area contributed by atoms with Crippen LogP contribution >= 0.6 is 11.3 Å². The van der Waals surface area contributed by atoms with Gasteiger partial charge in [0.15, 0.2) is 11.6 Å². The number of rotatable bonds is 3. The number of thiophene rings is 1. The fraction of sp³-hybridized carbons (Fsp3) is 0.154. The van der Waals surface area contributed by atoms with Gasteiger partial charge in [0, 0.05) is 25.3 Å². The molecule has 0 saturated carbocycles. The van der Waals surface area contributed by atoms with Crippen molar-refractivity contribution in [1.29, 1.82) is 0 Å². The van der Waals surface area contributed by atoms with Crippen molar-refractivity contribution in [1.82, 2.24) is 4.90 Å². The maximum absolute atomic E-state index is 13.2. The molecule has 2 N–H and O–H groups in total. The smallest absolute Gasteiger partial charge is 0.256 e. The second-order valence-corrected chi connectivity index (χ2v) is 4.93. The summed E-state index contributed by atoms with van der Waals surface area (Å²) in [7, 11) is 1.58. The molecule has 0 fully saturated rings. The number of carbonyl (C=O) groups is 1. The predicted molar refractivity (Wildman–Crippen MR) is 70.9 cm³/mol. The first kappa shape index (κ1) is 13.5. The van der Waals surface area contributed by atoms with Gasteiger partial charge in [-0.3, -0.25) is 4.79 Å². The number of carbonyl (C=O) groups excluding carboxylic acids is 1. The number of amides is 1. The zero-order valence-electron chi connectivity index (χ0n) is 10.2. The summed E-state index contributed by atoms with van der Waals surface area (Å²) in [4.78, 5) is 13.5. The van der Waals surface area contributed by atoms with Crippen LogP contribution in [0.2, 0.25) is 0 Å². The third-order valence-corrected chi connectivity index (χ3v) is 3.40. The Morgan fingerprint density at radius 1 is 1.37 bits per heavy atom. The van der Waals surface area contributed by atoms with Gasteiger partial charge in [0.05, 0.1) is 5.56 Å². The SMILES string of the molecule is CN(Cc1ccsc1)C(=O)c1cc(F)c(F)cc1N. The van der Waals surface area contributed by atoms with E-state index in [1.165, 1.54) is 16.2 Å². The summed E-state index contributed by atoms with van der Waals surface area (Å²) in [5, 5.41) is 3.82. The van der Waals surface area contributed by atoms with E-state index in [0.717, 1.165) is 17.7 Å². The van der Waals surface area contributed by atoms with E-state index in [2.05, 4.69) is 0 Å². The topological polar surface area (TPSA) is 46.3 Å². The number of hydrogen-bond donors (Lipinski definition) is 1. The molecule has 1 aromatic heterocycles. The maximum Gasteiger partial charge on any atom is 0.256 e. The average molecular weight is 282 g/mol. The molecule has 0 aliphatic carbocycles. The molecule has 1 amide bonds. The fourth-order valence-electron chi connectivity index (χ4n) is 1.68. The Balaban J connectivity index is 2.21. The van der Waals surface area contributed by atoms with Gasteiger partial charge in [0.1, 0.15) is 0 Å². The molecule has 0 atom stereocenters. The van der Waals surface area contributed by atoms with Crippen LogP contribution in [0.5, 0.6) is 0 Å². The van der Waals surface area contributed by atoms with E-state index in [1.807, 2.05) is 16.8 Å². The van der Waals surface area contributed by atoms with Crippen molar-refractivity contribution in [2.75, 3.05) is 12.8 Å². The number of nitrogens with two attached hydrogens (primary N) is 1. The van der Waals surface area contributed by atoms with Crippen molar-refractivity contribution < 1.29 is 13.6 Å². The van der Waals surface area contributed by atoms with Crippen LogP contribution in [0.1, 0.15) is 15.9 Å². The third kappa shape index (κ3) is 2.90. The Bertz CT molecular complexity index is 599. The summed E-state index contributed by atoms with van der Waals surface area (Å²) in [6, 6.07) is 3.54. The van der Waals surface area contributed by atoms with Crippen molar-refractivity contribution in [2.45, 2.75) is 6.54 Å². The van der Waals surface area contributed by atoms with Crippen LogP contribution in [0.25, 0.3) is 0 Å². The fourth-order valence-corrected chi connectivity index (χ4v) is 2.34. The first-order chi connectivity index (χ1) is 8.99. The third-order valence-electron chi connectivity index (χ3n) is 2.67. The summed E-state index contributed by atoms with van der Waals surface area (Å²) < 4.78 is 26.1. The predicted octanol–water partition coefficient (Wildman–Crippen LogP) is 2.88. The number of benzene rings is 1. The number of halogens is 2. The lowest BCUT2D eigenvalue weighted by Crippen LogP contribution is -2.27. The van der Waals surface area contributed by atoms with Gasteiger partial charge in [0.2, 0.25) is 0 Å². The molecule has 3 nitrogen and oxygen atoms in total. The van der Waals surface area contributed by atoms with Gasteiger partial charge in [-0.1, -0.05) is 0 Å². The van der Waals surface area contributed by atoms with Gasteiger partial charge in [-0.05, 0) is 28.5 Å². The van der Waals surface area contributed by atoms with Crippen LogP contribution in [-0.4, -0.2) is 17.9 Å². The van der Waals surface area contributed by atoms with Crippen molar-refractivity contribution in [2.24, 2.45) is 0 Å². The molecule has 100 valence electrons. The highest BCUT2D eigenvalue weighted by molar-refractivity contribution is 7.07. The Morgan fingerprint density at radius 2 is 2.05 bits per heavy atom. The highest BCUT2D eigenvalue weighted by Crippen LogP contribution is 2.19. The molecule has 0 bridgehead atoms. The second kappa shape index (κ2) is 5.36. The number of hydrogen-bond acceptors (Lipinski definition) is 3. The zero-order valence-corrected chi connectivity index (χ0v) is 11.0. The van der Waals surface area contributed by atoms with E-state index in [1.54, 1.807) is 7.05 Å². The number of nitrogens with zero attached hydrogens (tertiary/aromatic N) is 1. The minimum atomic E-state index is -1.08. The highest BCUT2D eigenvalue weighted by atomic mass is 32.1. The monoisotopic (exact) mass is 282 g/mol. The molecular weight excluding hydrogens is 270 g/mol. The molecule has 19 heavy (non-hydrogen) atoms. The van der Waals surface area contributed by atoms with Crippen LogP contribution < -0.4 is 5.73 Å². The molecule has 2 rings (SSSR count). The molecule has 0 saturated heterocycles. The van der Waals surface area contributed by atoms with Gasteiger partial charge in [-0.25, -0.2) is 8.78 Å². The van der Waals surface area contributed by atoms with Crippen molar-refractivity contribution >= 4 is 22.9 Å². The molecule has 0 aliphatic heterocycles. The largest absolute Gasteiger partial charge is 0.398 e. The van der Waals surface area contributed by atoms with E-state index in [0.29, 0.717) is 6.54 Å². The summed E-state index contributed by atoms with van der Waals surface area (Å²) in [6.45, 7) is 0.390. The number of nitrogen functional groups attached to an aromatic ring is 1. The van der Waals surface area contributed by atoms with Crippen LogP contribution in [0.3, 0.4) is 0 Å². The van der Waals surface area contributed by atoms with E-state index in [4.69, 9.17) is 5.73 Å². The molecule has 6 heteroatoms. The molecule has 0 aliphatic rings. The Labute approximate surface area is 113 Å². The summed E-state index contributed by atoms with van der Waals surface area (Å²) in [5.41, 5.74) is 6.42. The van der Waals surface area contributed by atoms with Crippen LogP contribution in [0.4, 0.5) is 14.5 Å².